The molecule has 0 bridgehead atoms. The fourth-order valence-corrected chi connectivity index (χ4v) is 2.29. The van der Waals surface area contributed by atoms with Gasteiger partial charge in [0.2, 0.25) is 5.91 Å². The second-order valence-electron chi connectivity index (χ2n) is 4.97. The minimum atomic E-state index is -0.329. The molecule has 2 rings (SSSR count). The lowest BCUT2D eigenvalue weighted by Crippen LogP contribution is -2.43. The average Bonchev–Trinajstić information content (AvgIpc) is 2.80. The summed E-state index contributed by atoms with van der Waals surface area (Å²) in [4.78, 5) is 25.3. The summed E-state index contributed by atoms with van der Waals surface area (Å²) in [5.41, 5.74) is 1.07. The van der Waals surface area contributed by atoms with Crippen molar-refractivity contribution < 1.29 is 9.59 Å². The number of amides is 3. The van der Waals surface area contributed by atoms with Crippen LogP contribution in [0.5, 0.6) is 0 Å². The van der Waals surface area contributed by atoms with E-state index in [-0.39, 0.29) is 24.4 Å². The van der Waals surface area contributed by atoms with Crippen LogP contribution in [0, 0.1) is 11.3 Å². The van der Waals surface area contributed by atoms with Crippen molar-refractivity contribution >= 4 is 11.9 Å². The zero-order chi connectivity index (χ0) is 15.1. The first kappa shape index (κ1) is 14.9. The summed E-state index contributed by atoms with van der Waals surface area (Å²) >= 11 is 0. The van der Waals surface area contributed by atoms with E-state index >= 15 is 0 Å². The lowest BCUT2D eigenvalue weighted by molar-refractivity contribution is -0.128. The smallest absolute Gasteiger partial charge is 0.315 e. The Labute approximate surface area is 123 Å². The first-order valence-electron chi connectivity index (χ1n) is 6.92. The quantitative estimate of drug-likeness (QED) is 0.792. The predicted octanol–water partition coefficient (Wildman–Crippen LogP) is 1.00. The maximum Gasteiger partial charge on any atom is 0.315 e. The van der Waals surface area contributed by atoms with Crippen molar-refractivity contribution in [2.75, 3.05) is 13.1 Å². The van der Waals surface area contributed by atoms with Crippen LogP contribution in [0.25, 0.3) is 0 Å². The van der Waals surface area contributed by atoms with Crippen LogP contribution in [0.1, 0.15) is 18.4 Å². The van der Waals surface area contributed by atoms with E-state index in [2.05, 4.69) is 10.6 Å². The summed E-state index contributed by atoms with van der Waals surface area (Å²) in [5.74, 6) is 0.0428. The third kappa shape index (κ3) is 4.49. The Morgan fingerprint density at radius 1 is 1.38 bits per heavy atom. The number of hydrogen-bond acceptors (Lipinski definition) is 3. The molecule has 0 aliphatic carbocycles. The Morgan fingerprint density at radius 2 is 2.14 bits per heavy atom. The normalized spacial score (nSPS) is 17.4. The number of carbonyl (C=O) groups excluding carboxylic acids is 2. The van der Waals surface area contributed by atoms with Gasteiger partial charge in [0.05, 0.1) is 18.5 Å². The molecule has 1 heterocycles. The van der Waals surface area contributed by atoms with E-state index in [4.69, 9.17) is 5.26 Å². The lowest BCUT2D eigenvalue weighted by Gasteiger charge is -2.17. The maximum atomic E-state index is 11.9. The highest BCUT2D eigenvalue weighted by molar-refractivity contribution is 5.81. The van der Waals surface area contributed by atoms with E-state index in [9.17, 15) is 9.59 Å². The molecule has 6 nitrogen and oxygen atoms in total. The summed E-state index contributed by atoms with van der Waals surface area (Å²) < 4.78 is 0. The van der Waals surface area contributed by atoms with Gasteiger partial charge in [0, 0.05) is 26.1 Å². The van der Waals surface area contributed by atoms with Crippen molar-refractivity contribution in [2.45, 2.75) is 25.4 Å². The lowest BCUT2D eigenvalue weighted by atomic mass is 10.2. The van der Waals surface area contributed by atoms with Crippen molar-refractivity contribution in [3.05, 3.63) is 35.9 Å². The number of nitriles is 1. The molecule has 6 heteroatoms. The van der Waals surface area contributed by atoms with Crippen molar-refractivity contribution in [1.29, 1.82) is 5.26 Å². The largest absolute Gasteiger partial charge is 0.337 e. The van der Waals surface area contributed by atoms with Crippen LogP contribution < -0.4 is 10.6 Å². The molecule has 1 aliphatic rings. The fourth-order valence-electron chi connectivity index (χ4n) is 2.29. The van der Waals surface area contributed by atoms with Crippen LogP contribution in [-0.2, 0) is 11.3 Å². The van der Waals surface area contributed by atoms with Crippen LogP contribution in [0.3, 0.4) is 0 Å². The second kappa shape index (κ2) is 7.29. The van der Waals surface area contributed by atoms with Gasteiger partial charge in [0.15, 0.2) is 0 Å². The summed E-state index contributed by atoms with van der Waals surface area (Å²) in [6.45, 7) is 1.39. The van der Waals surface area contributed by atoms with E-state index in [1.165, 1.54) is 0 Å². The molecule has 1 aliphatic heterocycles. The van der Waals surface area contributed by atoms with Gasteiger partial charge in [-0.15, -0.1) is 0 Å². The summed E-state index contributed by atoms with van der Waals surface area (Å²) in [6.07, 6.45) is 0.593. The van der Waals surface area contributed by atoms with E-state index in [0.717, 1.165) is 5.56 Å². The first-order chi connectivity index (χ1) is 10.2. The minimum Gasteiger partial charge on any atom is -0.337 e. The number of nitrogens with zero attached hydrogens (tertiary/aromatic N) is 2. The number of carbonyl (C=O) groups is 2. The van der Waals surface area contributed by atoms with E-state index in [0.29, 0.717) is 26.1 Å². The van der Waals surface area contributed by atoms with E-state index in [1.807, 2.05) is 36.4 Å². The van der Waals surface area contributed by atoms with Crippen LogP contribution in [0.4, 0.5) is 4.79 Å². The van der Waals surface area contributed by atoms with Gasteiger partial charge in [0.1, 0.15) is 0 Å². The van der Waals surface area contributed by atoms with Crippen LogP contribution in [0.15, 0.2) is 30.3 Å². The fraction of sp³-hybridized carbons (Fsp3) is 0.400. The molecule has 3 amide bonds. The molecule has 21 heavy (non-hydrogen) atoms. The monoisotopic (exact) mass is 286 g/mol. The number of urea groups is 1. The van der Waals surface area contributed by atoms with Crippen molar-refractivity contribution in [3.8, 4) is 6.07 Å². The van der Waals surface area contributed by atoms with Gasteiger partial charge in [-0.2, -0.15) is 5.26 Å². The van der Waals surface area contributed by atoms with E-state index < -0.39 is 0 Å². The molecule has 2 N–H and O–H groups in total. The van der Waals surface area contributed by atoms with Gasteiger partial charge in [0.25, 0.3) is 0 Å². The molecule has 1 atom stereocenters. The molecular formula is C15H18N4O2. The number of hydrogen-bond donors (Lipinski definition) is 2. The molecule has 110 valence electrons. The van der Waals surface area contributed by atoms with E-state index in [1.54, 1.807) is 4.90 Å². The molecule has 1 unspecified atom stereocenters. The zero-order valence-electron chi connectivity index (χ0n) is 11.7. The van der Waals surface area contributed by atoms with Crippen molar-refractivity contribution in [1.82, 2.24) is 15.5 Å². The number of likely N-dealkylation sites (tertiary alicyclic amines) is 1. The predicted molar refractivity (Wildman–Crippen MR) is 77.0 cm³/mol. The number of benzene rings is 1. The molecule has 0 radical (unpaired) electrons. The Kier molecular flexibility index (Phi) is 5.16. The van der Waals surface area contributed by atoms with Crippen LogP contribution in [0.2, 0.25) is 0 Å². The van der Waals surface area contributed by atoms with Crippen molar-refractivity contribution in [2.24, 2.45) is 0 Å². The highest BCUT2D eigenvalue weighted by Gasteiger charge is 2.30. The molecule has 1 aromatic carbocycles. The summed E-state index contributed by atoms with van der Waals surface area (Å²) in [5, 5.41) is 13.7. The summed E-state index contributed by atoms with van der Waals surface area (Å²) in [7, 11) is 0. The van der Waals surface area contributed by atoms with Gasteiger partial charge in [-0.3, -0.25) is 4.79 Å². The van der Waals surface area contributed by atoms with Crippen LogP contribution >= 0.6 is 0 Å². The Hall–Kier alpha value is -2.55. The van der Waals surface area contributed by atoms with Gasteiger partial charge in [-0.1, -0.05) is 30.3 Å². The molecule has 0 spiro atoms. The Bertz CT molecular complexity index is 538. The summed E-state index contributed by atoms with van der Waals surface area (Å²) in [6, 6.07) is 11.2. The number of rotatable bonds is 5. The topological polar surface area (TPSA) is 85.2 Å². The molecule has 0 aromatic heterocycles. The second-order valence-corrected chi connectivity index (χ2v) is 4.97. The number of nitrogens with one attached hydrogen (secondary N) is 2. The SMILES string of the molecule is N#CCCNC(=O)NC1CC(=O)N(Cc2ccccc2)C1. The third-order valence-corrected chi connectivity index (χ3v) is 3.29. The Morgan fingerprint density at radius 3 is 2.86 bits per heavy atom. The molecular weight excluding hydrogens is 268 g/mol. The standard InChI is InChI=1S/C15H18N4O2/c16-7-4-8-17-15(21)18-13-9-14(20)19(11-13)10-12-5-2-1-3-6-12/h1-3,5-6,13H,4,8-11H2,(H2,17,18,21). The van der Waals surface area contributed by atoms with Gasteiger partial charge < -0.3 is 15.5 Å². The Balaban J connectivity index is 1.80. The average molecular weight is 286 g/mol. The maximum absolute atomic E-state index is 11.9. The molecule has 1 fully saturated rings. The minimum absolute atomic E-state index is 0.0428. The van der Waals surface area contributed by atoms with Gasteiger partial charge in [-0.05, 0) is 5.56 Å². The first-order valence-corrected chi connectivity index (χ1v) is 6.92. The third-order valence-electron chi connectivity index (χ3n) is 3.29. The van der Waals surface area contributed by atoms with Gasteiger partial charge >= 0.3 is 6.03 Å². The van der Waals surface area contributed by atoms with Crippen molar-refractivity contribution in [3.63, 3.8) is 0 Å². The molecule has 0 saturated carbocycles. The van der Waals surface area contributed by atoms with Crippen LogP contribution in [-0.4, -0.2) is 36.0 Å². The highest BCUT2D eigenvalue weighted by Crippen LogP contribution is 2.14. The zero-order valence-corrected chi connectivity index (χ0v) is 11.7. The molecule has 1 aromatic rings. The highest BCUT2D eigenvalue weighted by atomic mass is 16.2. The van der Waals surface area contributed by atoms with Gasteiger partial charge in [-0.25, -0.2) is 4.79 Å². The molecule has 1 saturated heterocycles.